The van der Waals surface area contributed by atoms with Crippen LogP contribution >= 0.6 is 0 Å². The number of carbonyl (C=O) groups is 2. The summed E-state index contributed by atoms with van der Waals surface area (Å²) in [4.78, 5) is 25.4. The summed E-state index contributed by atoms with van der Waals surface area (Å²) in [5, 5.41) is 19.8. The molecule has 1 saturated carbocycles. The first-order chi connectivity index (χ1) is 10.9. The molecule has 0 radical (unpaired) electrons. The minimum atomic E-state index is -1.32. The van der Waals surface area contributed by atoms with Crippen molar-refractivity contribution in [3.8, 4) is 11.5 Å². The quantitative estimate of drug-likeness (QED) is 0.801. The number of aliphatic hydroxyl groups is 1. The van der Waals surface area contributed by atoms with E-state index in [0.717, 1.165) is 0 Å². The van der Waals surface area contributed by atoms with Crippen LogP contribution in [0.15, 0.2) is 12.1 Å². The topological polar surface area (TPSA) is 96.3 Å². The SMILES string of the molecule is COc1ccc(OC)c2c1CN(C(=O)C1(C(=O)O)CC1)CC2O. The third kappa shape index (κ3) is 2.31. The van der Waals surface area contributed by atoms with E-state index in [1.807, 2.05) is 0 Å². The summed E-state index contributed by atoms with van der Waals surface area (Å²) in [6.07, 6.45) is -0.261. The lowest BCUT2D eigenvalue weighted by molar-refractivity contribution is -0.154. The normalized spacial score (nSPS) is 21.3. The average molecular weight is 321 g/mol. The zero-order chi connectivity index (χ0) is 16.8. The highest BCUT2D eigenvalue weighted by Crippen LogP contribution is 2.49. The van der Waals surface area contributed by atoms with Crippen LogP contribution in [-0.2, 0) is 16.1 Å². The third-order valence-electron chi connectivity index (χ3n) is 4.65. The Balaban J connectivity index is 1.97. The number of hydrogen-bond donors (Lipinski definition) is 2. The first kappa shape index (κ1) is 15.6. The molecule has 0 saturated heterocycles. The monoisotopic (exact) mass is 321 g/mol. The van der Waals surface area contributed by atoms with Crippen molar-refractivity contribution in [1.29, 1.82) is 0 Å². The fraction of sp³-hybridized carbons (Fsp3) is 0.500. The van der Waals surface area contributed by atoms with Crippen molar-refractivity contribution >= 4 is 11.9 Å². The van der Waals surface area contributed by atoms with Crippen LogP contribution < -0.4 is 9.47 Å². The molecule has 1 fully saturated rings. The van der Waals surface area contributed by atoms with Crippen LogP contribution in [0.4, 0.5) is 0 Å². The summed E-state index contributed by atoms with van der Waals surface area (Å²) in [5.74, 6) is -0.475. The fourth-order valence-electron chi connectivity index (χ4n) is 3.18. The Morgan fingerprint density at radius 3 is 2.35 bits per heavy atom. The first-order valence-corrected chi connectivity index (χ1v) is 7.39. The van der Waals surface area contributed by atoms with Gasteiger partial charge in [-0.2, -0.15) is 0 Å². The number of fused-ring (bicyclic) bond motifs is 1. The first-order valence-electron chi connectivity index (χ1n) is 7.39. The largest absolute Gasteiger partial charge is 0.496 e. The van der Waals surface area contributed by atoms with Crippen LogP contribution in [0.3, 0.4) is 0 Å². The zero-order valence-electron chi connectivity index (χ0n) is 13.0. The van der Waals surface area contributed by atoms with E-state index >= 15 is 0 Å². The molecule has 1 heterocycles. The van der Waals surface area contributed by atoms with Crippen LogP contribution in [0.2, 0.25) is 0 Å². The Kier molecular flexibility index (Phi) is 3.68. The number of rotatable bonds is 4. The number of carboxylic acid groups (broad SMARTS) is 1. The molecule has 7 nitrogen and oxygen atoms in total. The van der Waals surface area contributed by atoms with E-state index in [9.17, 15) is 19.8 Å². The van der Waals surface area contributed by atoms with E-state index in [1.165, 1.54) is 19.1 Å². The molecule has 0 bridgehead atoms. The highest BCUT2D eigenvalue weighted by molar-refractivity contribution is 6.04. The molecule has 124 valence electrons. The van der Waals surface area contributed by atoms with Gasteiger partial charge in [-0.1, -0.05) is 0 Å². The second kappa shape index (κ2) is 5.42. The van der Waals surface area contributed by atoms with Crippen LogP contribution in [-0.4, -0.2) is 47.8 Å². The molecule has 1 aliphatic carbocycles. The lowest BCUT2D eigenvalue weighted by Crippen LogP contribution is -2.44. The van der Waals surface area contributed by atoms with Gasteiger partial charge in [0.25, 0.3) is 0 Å². The highest BCUT2D eigenvalue weighted by atomic mass is 16.5. The van der Waals surface area contributed by atoms with E-state index in [-0.39, 0.29) is 13.1 Å². The van der Waals surface area contributed by atoms with Gasteiger partial charge in [-0.05, 0) is 25.0 Å². The van der Waals surface area contributed by atoms with E-state index in [2.05, 4.69) is 0 Å². The highest BCUT2D eigenvalue weighted by Gasteiger charge is 2.59. The molecule has 2 N–H and O–H groups in total. The van der Waals surface area contributed by atoms with Gasteiger partial charge < -0.3 is 24.6 Å². The molecule has 2 aliphatic rings. The van der Waals surface area contributed by atoms with Gasteiger partial charge >= 0.3 is 5.97 Å². The second-order valence-electron chi connectivity index (χ2n) is 5.95. The summed E-state index contributed by atoms with van der Waals surface area (Å²) in [5.41, 5.74) is -0.0697. The summed E-state index contributed by atoms with van der Waals surface area (Å²) >= 11 is 0. The Bertz CT molecular complexity index is 667. The van der Waals surface area contributed by atoms with Crippen molar-refractivity contribution in [2.45, 2.75) is 25.5 Å². The Hall–Kier alpha value is -2.28. The molecule has 3 rings (SSSR count). The van der Waals surface area contributed by atoms with Crippen molar-refractivity contribution in [2.24, 2.45) is 5.41 Å². The van der Waals surface area contributed by atoms with Crippen molar-refractivity contribution in [3.05, 3.63) is 23.3 Å². The maximum Gasteiger partial charge on any atom is 0.319 e. The van der Waals surface area contributed by atoms with Crippen LogP contribution in [0, 0.1) is 5.41 Å². The minimum absolute atomic E-state index is 0.0460. The number of hydrogen-bond acceptors (Lipinski definition) is 5. The van der Waals surface area contributed by atoms with E-state index in [4.69, 9.17) is 9.47 Å². The van der Waals surface area contributed by atoms with Crippen LogP contribution in [0.1, 0.15) is 30.1 Å². The molecule has 1 aliphatic heterocycles. The average Bonchev–Trinajstić information content (AvgIpc) is 3.34. The second-order valence-corrected chi connectivity index (χ2v) is 5.95. The van der Waals surface area contributed by atoms with Gasteiger partial charge in [0.1, 0.15) is 23.0 Å². The molecule has 7 heteroatoms. The van der Waals surface area contributed by atoms with Gasteiger partial charge in [0.2, 0.25) is 5.91 Å². The summed E-state index contributed by atoms with van der Waals surface area (Å²) in [7, 11) is 3.02. The van der Waals surface area contributed by atoms with Crippen molar-refractivity contribution in [1.82, 2.24) is 4.90 Å². The van der Waals surface area contributed by atoms with E-state index in [1.54, 1.807) is 12.1 Å². The van der Waals surface area contributed by atoms with Gasteiger partial charge in [-0.3, -0.25) is 9.59 Å². The summed E-state index contributed by atoms with van der Waals surface area (Å²) in [6, 6.07) is 3.42. The number of methoxy groups -OCH3 is 2. The number of ether oxygens (including phenoxy) is 2. The number of benzene rings is 1. The van der Waals surface area contributed by atoms with Gasteiger partial charge in [-0.15, -0.1) is 0 Å². The summed E-state index contributed by atoms with van der Waals surface area (Å²) in [6.45, 7) is 0.241. The lowest BCUT2D eigenvalue weighted by atomic mass is 9.93. The summed E-state index contributed by atoms with van der Waals surface area (Å²) < 4.78 is 10.6. The predicted octanol–water partition coefficient (Wildman–Crippen LogP) is 0.944. The Labute approximate surface area is 133 Å². The van der Waals surface area contributed by atoms with E-state index in [0.29, 0.717) is 35.5 Å². The minimum Gasteiger partial charge on any atom is -0.496 e. The van der Waals surface area contributed by atoms with Crippen molar-refractivity contribution < 1.29 is 29.3 Å². The van der Waals surface area contributed by atoms with Gasteiger partial charge in [0, 0.05) is 17.7 Å². The van der Waals surface area contributed by atoms with Gasteiger partial charge in [0.05, 0.1) is 20.8 Å². The van der Waals surface area contributed by atoms with Crippen molar-refractivity contribution in [3.63, 3.8) is 0 Å². The van der Waals surface area contributed by atoms with Crippen molar-refractivity contribution in [2.75, 3.05) is 20.8 Å². The number of nitrogens with zero attached hydrogens (tertiary/aromatic N) is 1. The number of carbonyl (C=O) groups excluding carboxylic acids is 1. The van der Waals surface area contributed by atoms with Gasteiger partial charge in [0.15, 0.2) is 0 Å². The molecular weight excluding hydrogens is 302 g/mol. The number of amides is 1. The molecule has 1 aromatic rings. The molecule has 23 heavy (non-hydrogen) atoms. The molecule has 1 aromatic carbocycles. The van der Waals surface area contributed by atoms with E-state index < -0.39 is 23.4 Å². The molecule has 1 amide bonds. The fourth-order valence-corrected chi connectivity index (χ4v) is 3.18. The standard InChI is InChI=1S/C16H19NO6/c1-22-11-3-4-12(23-2)13-9(11)7-17(8-10(13)18)14(19)16(5-6-16)15(20)21/h3-4,10,18H,5-8H2,1-2H3,(H,20,21). The number of β-amino-alcohol motifs (C(OH)–C–C–N with tert-alkyl or cyclic N) is 1. The maximum absolute atomic E-state index is 12.6. The molecule has 0 aromatic heterocycles. The predicted molar refractivity (Wildman–Crippen MR) is 79.2 cm³/mol. The molecule has 0 spiro atoms. The number of carboxylic acids is 1. The third-order valence-corrected chi connectivity index (χ3v) is 4.65. The van der Waals surface area contributed by atoms with Crippen LogP contribution in [0.25, 0.3) is 0 Å². The Morgan fingerprint density at radius 2 is 1.83 bits per heavy atom. The number of aliphatic carboxylic acids is 1. The van der Waals surface area contributed by atoms with Crippen LogP contribution in [0.5, 0.6) is 11.5 Å². The Morgan fingerprint density at radius 1 is 1.22 bits per heavy atom. The molecular formula is C16H19NO6. The molecule has 1 atom stereocenters. The lowest BCUT2D eigenvalue weighted by Gasteiger charge is -2.35. The molecule has 1 unspecified atom stereocenters. The maximum atomic E-state index is 12.6. The zero-order valence-corrected chi connectivity index (χ0v) is 13.0. The smallest absolute Gasteiger partial charge is 0.319 e. The van der Waals surface area contributed by atoms with Gasteiger partial charge in [-0.25, -0.2) is 0 Å². The number of aliphatic hydroxyl groups excluding tert-OH is 1.